The number of fused-ring (bicyclic) bond motifs is 1. The number of carbonyl (C=O) groups is 2. The number of pyridine rings is 1. The van der Waals surface area contributed by atoms with Crippen molar-refractivity contribution in [3.05, 3.63) is 35.8 Å². The highest BCUT2D eigenvalue weighted by Gasteiger charge is 2.78. The zero-order valence-electron chi connectivity index (χ0n) is 18.0. The highest BCUT2D eigenvalue weighted by atomic mass is 16.5. The molecule has 3 fully saturated rings. The lowest BCUT2D eigenvalue weighted by Crippen LogP contribution is -2.50. The Bertz CT molecular complexity index is 1300. The molecule has 3 aromatic rings. The minimum Gasteiger partial charge on any atom is -0.486 e. The van der Waals surface area contributed by atoms with Crippen molar-refractivity contribution in [2.75, 3.05) is 25.5 Å². The first-order valence-corrected chi connectivity index (χ1v) is 10.9. The van der Waals surface area contributed by atoms with E-state index in [1.54, 1.807) is 22.8 Å². The summed E-state index contributed by atoms with van der Waals surface area (Å²) in [4.78, 5) is 29.2. The van der Waals surface area contributed by atoms with Crippen molar-refractivity contribution in [1.29, 1.82) is 0 Å². The van der Waals surface area contributed by atoms with Crippen LogP contribution >= 0.6 is 0 Å². The second-order valence-electron chi connectivity index (χ2n) is 8.92. The number of primary amides is 1. The Kier molecular flexibility index (Phi) is 4.12. The van der Waals surface area contributed by atoms with Gasteiger partial charge in [0.25, 0.3) is 5.91 Å². The number of hydrogen-bond acceptors (Lipinski definition) is 9. The fourth-order valence-electron chi connectivity index (χ4n) is 4.68. The van der Waals surface area contributed by atoms with Crippen molar-refractivity contribution in [2.45, 2.75) is 30.8 Å². The lowest BCUT2D eigenvalue weighted by Gasteiger charge is -2.27. The van der Waals surface area contributed by atoms with E-state index in [1.165, 1.54) is 7.05 Å². The molecule has 4 heterocycles. The van der Waals surface area contributed by atoms with Gasteiger partial charge in [0.05, 0.1) is 23.0 Å². The summed E-state index contributed by atoms with van der Waals surface area (Å²) in [5.41, 5.74) is 6.35. The molecular weight excluding hydrogens is 426 g/mol. The van der Waals surface area contributed by atoms with E-state index >= 15 is 0 Å². The Hall–Kier alpha value is -3.80. The van der Waals surface area contributed by atoms with Gasteiger partial charge in [-0.25, -0.2) is 4.52 Å². The van der Waals surface area contributed by atoms with Crippen molar-refractivity contribution < 1.29 is 14.3 Å². The van der Waals surface area contributed by atoms with E-state index in [4.69, 9.17) is 10.5 Å². The van der Waals surface area contributed by atoms with Crippen LogP contribution in [0.1, 0.15) is 35.4 Å². The Morgan fingerprint density at radius 2 is 2.09 bits per heavy atom. The molecule has 6 rings (SSSR count). The van der Waals surface area contributed by atoms with Crippen molar-refractivity contribution in [3.8, 4) is 5.75 Å². The number of rotatable bonds is 7. The molecule has 3 aromatic heterocycles. The number of nitrogens with two attached hydrogens (primary N) is 1. The fourth-order valence-corrected chi connectivity index (χ4v) is 4.68. The molecule has 1 aliphatic heterocycles. The molecule has 12 heteroatoms. The third-order valence-electron chi connectivity index (χ3n) is 6.93. The number of nitrogens with one attached hydrogen (secondary N) is 3. The summed E-state index contributed by atoms with van der Waals surface area (Å²) in [5.74, 6) is 0.131. The minimum absolute atomic E-state index is 0.0757. The van der Waals surface area contributed by atoms with Crippen LogP contribution in [0, 0.1) is 5.41 Å². The Morgan fingerprint density at radius 3 is 2.73 bits per heavy atom. The van der Waals surface area contributed by atoms with Gasteiger partial charge in [-0.1, -0.05) is 0 Å². The molecule has 170 valence electrons. The second kappa shape index (κ2) is 6.85. The van der Waals surface area contributed by atoms with E-state index < -0.39 is 17.2 Å². The van der Waals surface area contributed by atoms with Crippen LogP contribution in [0.5, 0.6) is 5.75 Å². The summed E-state index contributed by atoms with van der Waals surface area (Å²) in [6.07, 6.45) is 4.44. The summed E-state index contributed by atoms with van der Waals surface area (Å²) in [5, 5.41) is 21.6. The Morgan fingerprint density at radius 1 is 1.27 bits per heavy atom. The van der Waals surface area contributed by atoms with E-state index in [0.29, 0.717) is 29.2 Å². The van der Waals surface area contributed by atoms with Gasteiger partial charge in [0.15, 0.2) is 11.3 Å². The molecule has 12 nitrogen and oxygen atoms in total. The van der Waals surface area contributed by atoms with Crippen LogP contribution in [0.4, 0.5) is 11.6 Å². The number of amides is 2. The van der Waals surface area contributed by atoms with Crippen molar-refractivity contribution in [2.24, 2.45) is 11.1 Å². The first-order chi connectivity index (χ1) is 15.9. The van der Waals surface area contributed by atoms with Crippen LogP contribution in [0.15, 0.2) is 24.4 Å². The normalized spacial score (nSPS) is 22.6. The topological polar surface area (TPSA) is 161 Å². The van der Waals surface area contributed by atoms with Gasteiger partial charge in [-0.05, 0) is 42.9 Å². The average Bonchev–Trinajstić information content (AvgIpc) is 3.66. The van der Waals surface area contributed by atoms with Gasteiger partial charge in [0.2, 0.25) is 11.9 Å². The predicted molar refractivity (Wildman–Crippen MR) is 116 cm³/mol. The second-order valence-corrected chi connectivity index (χ2v) is 8.92. The average molecular weight is 449 g/mol. The van der Waals surface area contributed by atoms with Crippen LogP contribution in [0.2, 0.25) is 0 Å². The molecule has 1 spiro atoms. The van der Waals surface area contributed by atoms with Gasteiger partial charge < -0.3 is 26.4 Å². The molecule has 5 N–H and O–H groups in total. The molecule has 0 radical (unpaired) electrons. The molecule has 3 aliphatic rings. The van der Waals surface area contributed by atoms with E-state index in [0.717, 1.165) is 25.9 Å². The van der Waals surface area contributed by atoms with E-state index in [9.17, 15) is 9.59 Å². The number of carbonyl (C=O) groups excluding carboxylic acids is 2. The third-order valence-corrected chi connectivity index (χ3v) is 6.93. The lowest BCUT2D eigenvalue weighted by atomic mass is 9.96. The highest BCUT2D eigenvalue weighted by molar-refractivity contribution is 5.98. The Balaban J connectivity index is 1.34. The number of nitrogens with zero attached hydrogens (tertiary/aromatic N) is 5. The van der Waals surface area contributed by atoms with Crippen molar-refractivity contribution in [3.63, 3.8) is 0 Å². The molecule has 2 amide bonds. The SMILES string of the molecule is CNC(=O)c1nnc([C@@]2(C(N)=O)CC23CC3)cc1Nc1nc2ccc(OC3CNC3)cn2n1. The van der Waals surface area contributed by atoms with Gasteiger partial charge in [-0.15, -0.1) is 10.2 Å². The van der Waals surface area contributed by atoms with E-state index in [2.05, 4.69) is 36.2 Å². The summed E-state index contributed by atoms with van der Waals surface area (Å²) in [7, 11) is 1.51. The van der Waals surface area contributed by atoms with Crippen LogP contribution in [0.25, 0.3) is 5.65 Å². The van der Waals surface area contributed by atoms with Crippen LogP contribution in [-0.4, -0.2) is 62.9 Å². The monoisotopic (exact) mass is 449 g/mol. The zero-order chi connectivity index (χ0) is 22.8. The zero-order valence-corrected chi connectivity index (χ0v) is 18.0. The largest absolute Gasteiger partial charge is 0.486 e. The van der Waals surface area contributed by atoms with Crippen molar-refractivity contribution in [1.82, 2.24) is 35.4 Å². The molecule has 0 bridgehead atoms. The van der Waals surface area contributed by atoms with Gasteiger partial charge >= 0.3 is 0 Å². The number of ether oxygens (including phenoxy) is 1. The smallest absolute Gasteiger partial charge is 0.273 e. The standard InChI is InChI=1S/C21H23N9O3/c1-23-17(31)16-13(6-14(27-28-16)21(18(22)32)10-20(21)4-5-20)25-19-26-15-3-2-11(9-30(15)29-19)33-12-7-24-8-12/h2-3,6,9,12,24H,4-5,7-8,10H2,1H3,(H2,22,32)(H,23,31)(H,25,27,29)/t21-/m1/s1. The van der Waals surface area contributed by atoms with Crippen LogP contribution in [-0.2, 0) is 10.2 Å². The van der Waals surface area contributed by atoms with Gasteiger partial charge in [0, 0.05) is 20.1 Å². The Labute approximate surface area is 188 Å². The molecule has 0 aromatic carbocycles. The molecule has 1 atom stereocenters. The molecule has 0 unspecified atom stereocenters. The highest BCUT2D eigenvalue weighted by Crippen LogP contribution is 2.78. The fraction of sp³-hybridized carbons (Fsp3) is 0.429. The first-order valence-electron chi connectivity index (χ1n) is 10.9. The van der Waals surface area contributed by atoms with Gasteiger partial charge in [-0.2, -0.15) is 10.1 Å². The van der Waals surface area contributed by atoms with Crippen molar-refractivity contribution >= 4 is 29.1 Å². The first kappa shape index (κ1) is 19.9. The van der Waals surface area contributed by atoms with Crippen LogP contribution in [0.3, 0.4) is 0 Å². The maximum atomic E-state index is 12.4. The third kappa shape index (κ3) is 3.01. The van der Waals surface area contributed by atoms with E-state index in [1.807, 2.05) is 6.07 Å². The molecule has 2 saturated carbocycles. The number of aromatic nitrogens is 5. The minimum atomic E-state index is -0.827. The number of hydrogen-bond donors (Lipinski definition) is 4. The summed E-state index contributed by atoms with van der Waals surface area (Å²) >= 11 is 0. The summed E-state index contributed by atoms with van der Waals surface area (Å²) in [6.45, 7) is 1.63. The molecule has 2 aliphatic carbocycles. The number of anilines is 2. The van der Waals surface area contributed by atoms with E-state index in [-0.39, 0.29) is 23.2 Å². The quantitative estimate of drug-likeness (QED) is 0.385. The summed E-state index contributed by atoms with van der Waals surface area (Å²) < 4.78 is 7.47. The lowest BCUT2D eigenvalue weighted by molar-refractivity contribution is -0.121. The summed E-state index contributed by atoms with van der Waals surface area (Å²) in [6, 6.07) is 5.31. The molecule has 33 heavy (non-hydrogen) atoms. The molecule has 1 saturated heterocycles. The predicted octanol–water partition coefficient (Wildman–Crippen LogP) is -0.120. The maximum Gasteiger partial charge on any atom is 0.273 e. The van der Waals surface area contributed by atoms with Gasteiger partial charge in [0.1, 0.15) is 11.9 Å². The van der Waals surface area contributed by atoms with Crippen LogP contribution < -0.4 is 26.4 Å². The van der Waals surface area contributed by atoms with Gasteiger partial charge in [-0.3, -0.25) is 9.59 Å². The molecular formula is C21H23N9O3. The maximum absolute atomic E-state index is 12.4.